The first-order valence-electron chi connectivity index (χ1n) is 12.8. The second-order valence-electron chi connectivity index (χ2n) is 10.2. The van der Waals surface area contributed by atoms with E-state index in [1.165, 1.54) is 35.6 Å². The number of hydrogen-bond acceptors (Lipinski definition) is 5. The molecule has 39 heavy (non-hydrogen) atoms. The van der Waals surface area contributed by atoms with Gasteiger partial charge >= 0.3 is 0 Å². The summed E-state index contributed by atoms with van der Waals surface area (Å²) in [6, 6.07) is 22.5. The fraction of sp³-hybridized carbons (Fsp3) is 0.156. The highest BCUT2D eigenvalue weighted by Crippen LogP contribution is 2.58. The van der Waals surface area contributed by atoms with Gasteiger partial charge in [0, 0.05) is 22.5 Å². The molecule has 4 atom stereocenters. The minimum absolute atomic E-state index is 0.215. The van der Waals surface area contributed by atoms with Crippen LogP contribution in [0.1, 0.15) is 38.1 Å². The van der Waals surface area contributed by atoms with Crippen molar-refractivity contribution in [3.8, 4) is 0 Å². The molecule has 1 saturated heterocycles. The van der Waals surface area contributed by atoms with E-state index in [9.17, 15) is 18.8 Å². The standard InChI is InChI=1S/C32H23FN2O3S/c1-18-17-26-32(22-8-3-4-9-23(22)34-31(32)38)27(29(36)19-12-14-20(33)15-13-19)28(30(37)25-11-6-16-39-25)35(26)24-10-5-2-7-21(18)24/h2-17,26-28H,1H3,(H,34,38)/t26-,27-,28-,32-/m0/s1. The van der Waals surface area contributed by atoms with Crippen LogP contribution in [0.5, 0.6) is 0 Å². The quantitative estimate of drug-likeness (QED) is 0.320. The Kier molecular flexibility index (Phi) is 5.22. The highest BCUT2D eigenvalue weighted by molar-refractivity contribution is 7.12. The minimum atomic E-state index is -1.38. The van der Waals surface area contributed by atoms with Crippen molar-refractivity contribution in [2.24, 2.45) is 5.92 Å². The van der Waals surface area contributed by atoms with Crippen LogP contribution < -0.4 is 10.2 Å². The molecule has 0 radical (unpaired) electrons. The Balaban J connectivity index is 1.56. The number of nitrogens with one attached hydrogen (secondary N) is 1. The highest BCUT2D eigenvalue weighted by Gasteiger charge is 2.70. The number of nitrogens with zero attached hydrogens (tertiary/aromatic N) is 1. The first-order valence-corrected chi connectivity index (χ1v) is 13.7. The first-order chi connectivity index (χ1) is 18.9. The van der Waals surface area contributed by atoms with Crippen molar-refractivity contribution >= 4 is 45.8 Å². The lowest BCUT2D eigenvalue weighted by Crippen LogP contribution is -2.51. The molecule has 3 aromatic carbocycles. The molecule has 1 N–H and O–H groups in total. The molecule has 1 aromatic heterocycles. The van der Waals surface area contributed by atoms with Gasteiger partial charge in [0.15, 0.2) is 11.6 Å². The number of Topliss-reactive ketones (excluding diaryl/α,β-unsaturated/α-hetero) is 2. The molecular formula is C32H23FN2O3S. The molecule has 7 rings (SSSR count). The Morgan fingerprint density at radius 3 is 2.44 bits per heavy atom. The summed E-state index contributed by atoms with van der Waals surface area (Å²) in [7, 11) is 0. The van der Waals surface area contributed by atoms with E-state index in [2.05, 4.69) is 5.32 Å². The monoisotopic (exact) mass is 534 g/mol. The van der Waals surface area contributed by atoms with E-state index in [0.29, 0.717) is 16.1 Å². The maximum Gasteiger partial charge on any atom is 0.238 e. The summed E-state index contributed by atoms with van der Waals surface area (Å²) in [5.41, 5.74) is 2.94. The Hall–Kier alpha value is -4.36. The summed E-state index contributed by atoms with van der Waals surface area (Å²) in [5.74, 6) is -2.43. The van der Waals surface area contributed by atoms with Crippen molar-refractivity contribution in [1.29, 1.82) is 0 Å². The van der Waals surface area contributed by atoms with Gasteiger partial charge in [0.25, 0.3) is 0 Å². The van der Waals surface area contributed by atoms with Crippen LogP contribution in [0.15, 0.2) is 96.4 Å². The summed E-state index contributed by atoms with van der Waals surface area (Å²) < 4.78 is 13.9. The van der Waals surface area contributed by atoms with Crippen molar-refractivity contribution in [3.63, 3.8) is 0 Å². The predicted molar refractivity (Wildman–Crippen MR) is 150 cm³/mol. The predicted octanol–water partition coefficient (Wildman–Crippen LogP) is 6.13. The molecule has 192 valence electrons. The third-order valence-electron chi connectivity index (χ3n) is 8.33. The lowest BCUT2D eigenvalue weighted by molar-refractivity contribution is -0.121. The Morgan fingerprint density at radius 2 is 1.67 bits per heavy atom. The molecule has 1 fully saturated rings. The zero-order valence-electron chi connectivity index (χ0n) is 20.9. The molecule has 4 aromatic rings. The number of halogens is 1. The second kappa shape index (κ2) is 8.58. The number of carbonyl (C=O) groups excluding carboxylic acids is 3. The van der Waals surface area contributed by atoms with Crippen LogP contribution in [0.2, 0.25) is 0 Å². The fourth-order valence-electron chi connectivity index (χ4n) is 6.75. The topological polar surface area (TPSA) is 66.5 Å². The Bertz CT molecular complexity index is 1690. The molecular weight excluding hydrogens is 511 g/mol. The van der Waals surface area contributed by atoms with Gasteiger partial charge in [-0.3, -0.25) is 14.4 Å². The number of rotatable bonds is 4. The van der Waals surface area contributed by atoms with Crippen molar-refractivity contribution in [2.45, 2.75) is 24.4 Å². The van der Waals surface area contributed by atoms with E-state index < -0.39 is 29.2 Å². The maximum absolute atomic E-state index is 14.6. The van der Waals surface area contributed by atoms with Gasteiger partial charge in [-0.05, 0) is 65.9 Å². The number of ketones is 2. The van der Waals surface area contributed by atoms with E-state index in [4.69, 9.17) is 0 Å². The average Bonchev–Trinajstić information content (AvgIpc) is 3.66. The van der Waals surface area contributed by atoms with Gasteiger partial charge in [-0.15, -0.1) is 11.3 Å². The third-order valence-corrected chi connectivity index (χ3v) is 9.21. The fourth-order valence-corrected chi connectivity index (χ4v) is 7.44. The van der Waals surface area contributed by atoms with Crippen molar-refractivity contribution in [1.82, 2.24) is 0 Å². The highest BCUT2D eigenvalue weighted by atomic mass is 32.1. The molecule has 1 spiro atoms. The molecule has 4 heterocycles. The van der Waals surface area contributed by atoms with Crippen molar-refractivity contribution in [2.75, 3.05) is 10.2 Å². The molecule has 0 bridgehead atoms. The number of fused-ring (bicyclic) bond motifs is 6. The SMILES string of the molecule is CC1=C[C@@H]2N(c3ccccc31)[C@H](C(=O)c1cccs1)[C@@H](C(=O)c1ccc(F)cc1)[C@@]21C(=O)Nc2ccccc21. The van der Waals surface area contributed by atoms with Crippen LogP contribution in [0.3, 0.4) is 0 Å². The van der Waals surface area contributed by atoms with Crippen molar-refractivity contribution in [3.05, 3.63) is 124 Å². The van der Waals surface area contributed by atoms with Gasteiger partial charge in [-0.1, -0.05) is 48.5 Å². The maximum atomic E-state index is 14.6. The largest absolute Gasteiger partial charge is 0.352 e. The minimum Gasteiger partial charge on any atom is -0.352 e. The molecule has 5 nitrogen and oxygen atoms in total. The summed E-state index contributed by atoms with van der Waals surface area (Å²) >= 11 is 1.31. The smallest absolute Gasteiger partial charge is 0.238 e. The lowest BCUT2D eigenvalue weighted by atomic mass is 9.64. The molecule has 0 unspecified atom stereocenters. The van der Waals surface area contributed by atoms with E-state index >= 15 is 0 Å². The number of anilines is 2. The number of carbonyl (C=O) groups is 3. The summed E-state index contributed by atoms with van der Waals surface area (Å²) in [4.78, 5) is 45.8. The van der Waals surface area contributed by atoms with E-state index in [1.54, 1.807) is 6.07 Å². The molecule has 3 aliphatic rings. The third kappa shape index (κ3) is 3.20. The zero-order chi connectivity index (χ0) is 26.9. The molecule has 1 amide bonds. The number of para-hydroxylation sites is 2. The van der Waals surface area contributed by atoms with Crippen LogP contribution in [0.25, 0.3) is 5.57 Å². The summed E-state index contributed by atoms with van der Waals surface area (Å²) in [6.45, 7) is 1.99. The van der Waals surface area contributed by atoms with E-state index in [-0.39, 0.29) is 23.0 Å². The average molecular weight is 535 g/mol. The first kappa shape index (κ1) is 23.7. The van der Waals surface area contributed by atoms with Crippen molar-refractivity contribution < 1.29 is 18.8 Å². The molecule has 3 aliphatic heterocycles. The van der Waals surface area contributed by atoms with Gasteiger partial charge in [-0.25, -0.2) is 4.39 Å². The van der Waals surface area contributed by atoms with Gasteiger partial charge in [0.2, 0.25) is 5.91 Å². The molecule has 7 heteroatoms. The number of thiophene rings is 1. The van der Waals surface area contributed by atoms with Crippen LogP contribution in [0.4, 0.5) is 15.8 Å². The van der Waals surface area contributed by atoms with Gasteiger partial charge in [-0.2, -0.15) is 0 Å². The number of hydrogen-bond donors (Lipinski definition) is 1. The van der Waals surface area contributed by atoms with Gasteiger partial charge < -0.3 is 10.2 Å². The van der Waals surface area contributed by atoms with Crippen LogP contribution in [-0.2, 0) is 10.2 Å². The van der Waals surface area contributed by atoms with Crippen LogP contribution in [0, 0.1) is 11.7 Å². The van der Waals surface area contributed by atoms with Crippen LogP contribution in [-0.4, -0.2) is 29.6 Å². The summed E-state index contributed by atoms with van der Waals surface area (Å²) in [5, 5.41) is 4.86. The number of amides is 1. The number of benzene rings is 3. The van der Waals surface area contributed by atoms with Gasteiger partial charge in [0.05, 0.1) is 16.8 Å². The molecule has 0 aliphatic carbocycles. The lowest BCUT2D eigenvalue weighted by Gasteiger charge is -2.39. The zero-order valence-corrected chi connectivity index (χ0v) is 21.7. The van der Waals surface area contributed by atoms with Crippen LogP contribution >= 0.6 is 11.3 Å². The Labute approximate surface area is 228 Å². The second-order valence-corrected chi connectivity index (χ2v) is 11.2. The van der Waals surface area contributed by atoms with E-state index in [0.717, 1.165) is 16.8 Å². The normalized spacial score (nSPS) is 24.6. The Morgan fingerprint density at radius 1 is 0.923 bits per heavy atom. The number of allylic oxidation sites excluding steroid dienone is 1. The molecule has 0 saturated carbocycles. The summed E-state index contributed by atoms with van der Waals surface area (Å²) in [6.07, 6.45) is 2.02. The van der Waals surface area contributed by atoms with Gasteiger partial charge in [0.1, 0.15) is 17.3 Å². The van der Waals surface area contributed by atoms with E-state index in [1.807, 2.05) is 77.9 Å².